The molecule has 0 spiro atoms. The highest BCUT2D eigenvalue weighted by Gasteiger charge is 2.43. The Labute approximate surface area is 234 Å². The number of carboxylic acids is 1. The van der Waals surface area contributed by atoms with Crippen molar-refractivity contribution in [1.29, 1.82) is 0 Å². The van der Waals surface area contributed by atoms with Crippen LogP contribution in [0.4, 0.5) is 11.4 Å². The predicted molar refractivity (Wildman–Crippen MR) is 151 cm³/mol. The molecule has 0 radical (unpaired) electrons. The second-order valence-electron chi connectivity index (χ2n) is 8.76. The van der Waals surface area contributed by atoms with E-state index >= 15 is 0 Å². The van der Waals surface area contributed by atoms with Crippen molar-refractivity contribution >= 4 is 52.2 Å². The minimum absolute atomic E-state index is 0.0905. The first kappa shape index (κ1) is 26.2. The number of hydrogen-bond acceptors (Lipinski definition) is 6. The van der Waals surface area contributed by atoms with Crippen LogP contribution in [0.25, 0.3) is 11.3 Å². The molecule has 2 aromatic heterocycles. The van der Waals surface area contributed by atoms with E-state index in [4.69, 9.17) is 33.0 Å². The van der Waals surface area contributed by atoms with Crippen LogP contribution >= 0.6 is 23.8 Å². The zero-order valence-electron chi connectivity index (χ0n) is 20.8. The Morgan fingerprint density at radius 2 is 1.97 bits per heavy atom. The van der Waals surface area contributed by atoms with E-state index in [0.717, 1.165) is 5.69 Å². The van der Waals surface area contributed by atoms with Gasteiger partial charge < -0.3 is 29.8 Å². The molecule has 5 rings (SSSR count). The summed E-state index contributed by atoms with van der Waals surface area (Å²) >= 11 is 12.2. The van der Waals surface area contributed by atoms with E-state index in [1.165, 1.54) is 32.2 Å². The lowest BCUT2D eigenvalue weighted by molar-refractivity contribution is -0.114. The zero-order valence-corrected chi connectivity index (χ0v) is 22.4. The molecule has 4 aromatic rings. The number of anilines is 2. The van der Waals surface area contributed by atoms with Crippen molar-refractivity contribution in [1.82, 2.24) is 10.3 Å². The number of furan rings is 1. The fourth-order valence-electron chi connectivity index (χ4n) is 4.56. The number of pyridine rings is 1. The van der Waals surface area contributed by atoms with Crippen LogP contribution in [-0.2, 0) is 4.79 Å². The molecule has 0 unspecified atom stereocenters. The fourth-order valence-corrected chi connectivity index (χ4v) is 5.12. The molecule has 2 atom stereocenters. The highest BCUT2D eigenvalue weighted by atomic mass is 35.5. The molecule has 1 aliphatic heterocycles. The molecule has 9 nitrogen and oxygen atoms in total. The van der Waals surface area contributed by atoms with E-state index in [9.17, 15) is 14.7 Å². The first-order valence-corrected chi connectivity index (χ1v) is 12.6. The topological polar surface area (TPSA) is 117 Å². The first-order valence-electron chi connectivity index (χ1n) is 11.9. The molecule has 39 heavy (non-hydrogen) atoms. The highest BCUT2D eigenvalue weighted by molar-refractivity contribution is 7.80. The average molecular weight is 563 g/mol. The van der Waals surface area contributed by atoms with E-state index in [2.05, 4.69) is 15.6 Å². The van der Waals surface area contributed by atoms with Crippen LogP contribution in [0, 0.1) is 0 Å². The number of nitrogens with zero attached hydrogens (tertiary/aromatic N) is 2. The number of halogens is 1. The van der Waals surface area contributed by atoms with Gasteiger partial charge in [0.1, 0.15) is 23.3 Å². The van der Waals surface area contributed by atoms with Crippen LogP contribution in [0.3, 0.4) is 0 Å². The van der Waals surface area contributed by atoms with E-state index < -0.39 is 12.0 Å². The predicted octanol–water partition coefficient (Wildman–Crippen LogP) is 5.84. The summed E-state index contributed by atoms with van der Waals surface area (Å²) in [6, 6.07) is 18.1. The summed E-state index contributed by atoms with van der Waals surface area (Å²) in [4.78, 5) is 29.8. The van der Waals surface area contributed by atoms with Crippen molar-refractivity contribution in [3.63, 3.8) is 0 Å². The van der Waals surface area contributed by atoms with Gasteiger partial charge in [0.25, 0.3) is 0 Å². The van der Waals surface area contributed by atoms with Crippen molar-refractivity contribution in [3.8, 4) is 17.1 Å². The molecule has 1 saturated heterocycles. The van der Waals surface area contributed by atoms with Gasteiger partial charge in [-0.1, -0.05) is 17.7 Å². The highest BCUT2D eigenvalue weighted by Crippen LogP contribution is 2.44. The molecule has 11 heteroatoms. The Kier molecular flexibility index (Phi) is 7.23. The van der Waals surface area contributed by atoms with E-state index in [-0.39, 0.29) is 17.5 Å². The zero-order chi connectivity index (χ0) is 27.7. The Morgan fingerprint density at radius 3 is 2.67 bits per heavy atom. The van der Waals surface area contributed by atoms with Crippen molar-refractivity contribution < 1.29 is 23.8 Å². The van der Waals surface area contributed by atoms with Gasteiger partial charge in [0.05, 0.1) is 35.1 Å². The Balaban J connectivity index is 1.62. The largest absolute Gasteiger partial charge is 0.495 e. The molecule has 0 saturated carbocycles. The second-order valence-corrected chi connectivity index (χ2v) is 9.56. The van der Waals surface area contributed by atoms with Gasteiger partial charge in [0.15, 0.2) is 5.11 Å². The third-order valence-corrected chi connectivity index (χ3v) is 6.91. The molecule has 3 heterocycles. The van der Waals surface area contributed by atoms with Gasteiger partial charge in [-0.2, -0.15) is 0 Å². The molecule has 198 valence electrons. The van der Waals surface area contributed by atoms with Crippen LogP contribution < -0.4 is 20.3 Å². The monoisotopic (exact) mass is 562 g/mol. The number of benzene rings is 2. The lowest BCUT2D eigenvalue weighted by Crippen LogP contribution is -2.29. The number of carbonyl (C=O) groups excluding carboxylic acids is 1. The standard InChI is InChI=1S/C28H23ClN4O5S/c1-15(34)31-21-14-17(7-9-23(21)37-2)33-26(25(32-28(33)39)20-5-3-4-12-30-20)24-11-10-22(38-24)18-13-16(27(35)36)6-8-19(18)29/h3-14,25-26H,1-2H3,(H,31,34)(H,32,39)(H,35,36)/t25-,26+/m0/s1. The van der Waals surface area contributed by atoms with E-state index in [1.54, 1.807) is 30.5 Å². The number of hydrogen-bond donors (Lipinski definition) is 3. The number of amides is 1. The van der Waals surface area contributed by atoms with Crippen molar-refractivity contribution in [3.05, 3.63) is 95.0 Å². The number of thiocarbonyl (C=S) groups is 1. The van der Waals surface area contributed by atoms with Crippen LogP contribution in [0.2, 0.25) is 5.02 Å². The van der Waals surface area contributed by atoms with Gasteiger partial charge in [-0.15, -0.1) is 0 Å². The molecule has 3 N–H and O–H groups in total. The number of ether oxygens (including phenoxy) is 1. The SMILES string of the molecule is COc1ccc(N2C(=S)N[C@@H](c3ccccn3)[C@H]2c2ccc(-c3cc(C(=O)O)ccc3Cl)o2)cc1NC(C)=O. The molecule has 1 fully saturated rings. The van der Waals surface area contributed by atoms with Crippen LogP contribution in [-0.4, -0.2) is 34.2 Å². The Bertz CT molecular complexity index is 1580. The van der Waals surface area contributed by atoms with Crippen molar-refractivity contribution in [2.75, 3.05) is 17.3 Å². The van der Waals surface area contributed by atoms with Gasteiger partial charge in [-0.3, -0.25) is 9.78 Å². The number of carboxylic acid groups (broad SMARTS) is 1. The van der Waals surface area contributed by atoms with Crippen molar-refractivity contribution in [2.24, 2.45) is 0 Å². The minimum Gasteiger partial charge on any atom is -0.495 e. The summed E-state index contributed by atoms with van der Waals surface area (Å²) in [5.74, 6) is 0.136. The summed E-state index contributed by atoms with van der Waals surface area (Å²) in [7, 11) is 1.52. The lowest BCUT2D eigenvalue weighted by atomic mass is 10.0. The van der Waals surface area contributed by atoms with Gasteiger partial charge in [0.2, 0.25) is 5.91 Å². The lowest BCUT2D eigenvalue weighted by Gasteiger charge is -2.27. The van der Waals surface area contributed by atoms with Crippen LogP contribution in [0.1, 0.15) is 40.8 Å². The average Bonchev–Trinajstić information content (AvgIpc) is 3.53. The van der Waals surface area contributed by atoms with Gasteiger partial charge >= 0.3 is 5.97 Å². The number of methoxy groups -OCH3 is 1. The molecule has 1 amide bonds. The fraction of sp³-hybridized carbons (Fsp3) is 0.143. The summed E-state index contributed by atoms with van der Waals surface area (Å²) in [5.41, 5.74) is 2.46. The number of aromatic carboxylic acids is 1. The number of nitrogens with one attached hydrogen (secondary N) is 2. The van der Waals surface area contributed by atoms with E-state index in [1.807, 2.05) is 29.2 Å². The molecular weight excluding hydrogens is 540 g/mol. The maximum Gasteiger partial charge on any atom is 0.335 e. The third kappa shape index (κ3) is 5.16. The van der Waals surface area contributed by atoms with Crippen molar-refractivity contribution in [2.45, 2.75) is 19.0 Å². The summed E-state index contributed by atoms with van der Waals surface area (Å²) in [5, 5.41) is 16.4. The molecule has 1 aliphatic rings. The summed E-state index contributed by atoms with van der Waals surface area (Å²) in [6.07, 6.45) is 1.70. The van der Waals surface area contributed by atoms with Gasteiger partial charge in [-0.05, 0) is 72.9 Å². The maximum atomic E-state index is 11.8. The Hall–Kier alpha value is -4.41. The first-order chi connectivity index (χ1) is 18.8. The molecule has 0 aliphatic carbocycles. The maximum absolute atomic E-state index is 11.8. The number of rotatable bonds is 7. The minimum atomic E-state index is -1.07. The van der Waals surface area contributed by atoms with Gasteiger partial charge in [-0.25, -0.2) is 4.79 Å². The smallest absolute Gasteiger partial charge is 0.335 e. The quantitative estimate of drug-likeness (QED) is 0.239. The molecule has 2 aromatic carbocycles. The number of aromatic nitrogens is 1. The molecular formula is C28H23ClN4O5S. The Morgan fingerprint density at radius 1 is 1.15 bits per heavy atom. The molecule has 0 bridgehead atoms. The third-order valence-electron chi connectivity index (χ3n) is 6.27. The second kappa shape index (κ2) is 10.8. The van der Waals surface area contributed by atoms with Crippen LogP contribution in [0.5, 0.6) is 5.75 Å². The number of carbonyl (C=O) groups is 2. The summed E-state index contributed by atoms with van der Waals surface area (Å²) < 4.78 is 11.7. The van der Waals surface area contributed by atoms with Crippen LogP contribution in [0.15, 0.2) is 77.3 Å². The van der Waals surface area contributed by atoms with Gasteiger partial charge in [0, 0.05) is 24.4 Å². The summed E-state index contributed by atoms with van der Waals surface area (Å²) in [6.45, 7) is 1.42. The normalized spacial score (nSPS) is 16.6. The van der Waals surface area contributed by atoms with E-state index in [0.29, 0.717) is 44.3 Å².